The van der Waals surface area contributed by atoms with Crippen LogP contribution in [-0.2, 0) is 29.1 Å². The van der Waals surface area contributed by atoms with Crippen molar-refractivity contribution < 1.29 is 50.3 Å². The molecule has 55 heavy (non-hydrogen) atoms. The topological polar surface area (TPSA) is 212 Å². The number of alkyl carbamates (subject to hydrolysis) is 1. The van der Waals surface area contributed by atoms with Crippen LogP contribution in [0.25, 0.3) is 33.7 Å². The summed E-state index contributed by atoms with van der Waals surface area (Å²) in [7, 11) is -2.75. The van der Waals surface area contributed by atoms with Gasteiger partial charge in [0.2, 0.25) is 27.4 Å². The quantitative estimate of drug-likeness (QED) is 0.229. The molecule has 0 unspecified atom stereocenters. The Balaban J connectivity index is 1.14. The van der Waals surface area contributed by atoms with E-state index in [1.54, 1.807) is 12.1 Å². The van der Waals surface area contributed by atoms with Gasteiger partial charge in [-0.15, -0.1) is 0 Å². The van der Waals surface area contributed by atoms with E-state index in [1.165, 1.54) is 36.5 Å². The van der Waals surface area contributed by atoms with Crippen molar-refractivity contribution in [1.82, 2.24) is 30.2 Å². The number of aromatic nitrogens is 2. The molecule has 8 rings (SSSR count). The number of hydrogen-bond donors (Lipinski definition) is 3. The first-order valence-corrected chi connectivity index (χ1v) is 19.8. The first-order chi connectivity index (χ1) is 26.5. The fourth-order valence-corrected chi connectivity index (χ4v) is 8.76. The van der Waals surface area contributed by atoms with Gasteiger partial charge in [0.1, 0.15) is 40.6 Å². The second-order valence-electron chi connectivity index (χ2n) is 14.4. The number of hydrogen-bond acceptors (Lipinski definition) is 12. The van der Waals surface area contributed by atoms with E-state index >= 15 is 0 Å². The van der Waals surface area contributed by atoms with Gasteiger partial charge in [0, 0.05) is 17.7 Å². The Labute approximate surface area is 314 Å². The molecule has 290 valence electrons. The largest absolute Gasteiger partial charge is 0.470 e. The molecule has 5 heterocycles. The Bertz CT molecular complexity index is 2310. The lowest BCUT2D eigenvalue weighted by Crippen LogP contribution is -2.58. The normalized spacial score (nSPS) is 26.6. The van der Waals surface area contributed by atoms with Crippen LogP contribution in [0, 0.1) is 11.7 Å². The second-order valence-corrected chi connectivity index (χ2v) is 16.4. The predicted octanol–water partition coefficient (Wildman–Crippen LogP) is 3.85. The third-order valence-corrected chi connectivity index (χ3v) is 12.4. The van der Waals surface area contributed by atoms with Crippen molar-refractivity contribution in [3.05, 3.63) is 54.6 Å². The number of halogens is 1. The van der Waals surface area contributed by atoms with Gasteiger partial charge < -0.3 is 33.8 Å². The Morgan fingerprint density at radius 1 is 1.11 bits per heavy atom. The first-order valence-electron chi connectivity index (χ1n) is 18.3. The highest BCUT2D eigenvalue weighted by atomic mass is 32.2. The van der Waals surface area contributed by atoms with Crippen LogP contribution in [0.4, 0.5) is 9.18 Å². The molecule has 0 bridgehead atoms. The van der Waals surface area contributed by atoms with E-state index < -0.39 is 74.5 Å². The minimum Gasteiger partial charge on any atom is -0.470 e. The molecule has 3 N–H and O–H groups in total. The highest BCUT2D eigenvalue weighted by molar-refractivity contribution is 7.91. The smallest absolute Gasteiger partial charge is 0.407 e. The molecule has 2 aliphatic carbocycles. The number of nitrogens with zero attached hydrogens (tertiary/aromatic N) is 3. The van der Waals surface area contributed by atoms with E-state index in [2.05, 4.69) is 25.3 Å². The van der Waals surface area contributed by atoms with E-state index in [0.29, 0.717) is 42.4 Å². The van der Waals surface area contributed by atoms with Crippen LogP contribution in [0.5, 0.6) is 5.88 Å². The fourth-order valence-electron chi connectivity index (χ4n) is 7.39. The van der Waals surface area contributed by atoms with Crippen molar-refractivity contribution >= 4 is 55.9 Å². The maximum absolute atomic E-state index is 14.4. The lowest BCUT2D eigenvalue weighted by Gasteiger charge is -2.29. The molecule has 18 heteroatoms. The molecular formula is C37H39FN6O10S. The number of nitrogens with one attached hydrogen (secondary N) is 3. The van der Waals surface area contributed by atoms with Crippen LogP contribution in [0.1, 0.15) is 57.8 Å². The summed E-state index contributed by atoms with van der Waals surface area (Å²) in [4.78, 5) is 65.3. The van der Waals surface area contributed by atoms with Crippen LogP contribution < -0.4 is 20.1 Å². The van der Waals surface area contributed by atoms with Crippen LogP contribution in [-0.4, -0.2) is 89.7 Å². The summed E-state index contributed by atoms with van der Waals surface area (Å²) in [6.45, 7) is -0.148. The van der Waals surface area contributed by atoms with Gasteiger partial charge in [-0.1, -0.05) is 25.0 Å². The average Bonchev–Trinajstić information content (AvgIpc) is 3.96. The summed E-state index contributed by atoms with van der Waals surface area (Å²) >= 11 is 0. The molecule has 3 aromatic heterocycles. The van der Waals surface area contributed by atoms with Crippen molar-refractivity contribution in [2.75, 3.05) is 13.7 Å². The van der Waals surface area contributed by atoms with Gasteiger partial charge in [-0.3, -0.25) is 19.1 Å². The highest BCUT2D eigenvalue weighted by Gasteiger charge is 2.62. The Kier molecular flexibility index (Phi) is 9.47. The molecule has 4 amide bonds. The van der Waals surface area contributed by atoms with Crippen molar-refractivity contribution in [2.24, 2.45) is 5.92 Å². The molecule has 5 atom stereocenters. The van der Waals surface area contributed by atoms with Crippen LogP contribution in [0.15, 0.2) is 57.6 Å². The van der Waals surface area contributed by atoms with E-state index in [1.807, 2.05) is 12.2 Å². The monoisotopic (exact) mass is 778 g/mol. The number of rotatable bonds is 7. The molecule has 0 spiro atoms. The fraction of sp³-hybridized carbons (Fsp3) is 0.459. The van der Waals surface area contributed by atoms with Gasteiger partial charge in [0.05, 0.1) is 25.2 Å². The molecule has 4 aromatic rings. The van der Waals surface area contributed by atoms with E-state index in [9.17, 15) is 32.0 Å². The number of benzene rings is 1. The summed E-state index contributed by atoms with van der Waals surface area (Å²) in [6, 6.07) is 4.98. The molecule has 1 saturated heterocycles. The minimum absolute atomic E-state index is 0.0497. The number of furan rings is 2. The van der Waals surface area contributed by atoms with Crippen molar-refractivity contribution in [3.63, 3.8) is 0 Å². The number of fused-ring (bicyclic) bond motifs is 5. The number of sulfonamides is 1. The van der Waals surface area contributed by atoms with Crippen molar-refractivity contribution in [3.8, 4) is 17.5 Å². The zero-order chi connectivity index (χ0) is 38.5. The zero-order valence-corrected chi connectivity index (χ0v) is 30.6. The molecule has 2 aliphatic heterocycles. The van der Waals surface area contributed by atoms with Gasteiger partial charge in [0.15, 0.2) is 11.6 Å². The maximum atomic E-state index is 14.4. The minimum atomic E-state index is -3.93. The van der Waals surface area contributed by atoms with Crippen LogP contribution >= 0.6 is 0 Å². The maximum Gasteiger partial charge on any atom is 0.407 e. The van der Waals surface area contributed by atoms with Crippen LogP contribution in [0.3, 0.4) is 0 Å². The van der Waals surface area contributed by atoms with E-state index in [-0.39, 0.29) is 48.6 Å². The molecule has 1 aromatic carbocycles. The number of methoxy groups -OCH3 is 1. The van der Waals surface area contributed by atoms with Gasteiger partial charge >= 0.3 is 6.09 Å². The summed E-state index contributed by atoms with van der Waals surface area (Å²) in [5.74, 6) is -2.74. The number of carbonyl (C=O) groups excluding carboxylic acids is 4. The van der Waals surface area contributed by atoms with Gasteiger partial charge in [-0.05, 0) is 68.9 Å². The molecule has 4 aliphatic rings. The number of allylic oxidation sites excluding steroid dienone is 1. The van der Waals surface area contributed by atoms with Gasteiger partial charge in [-0.25, -0.2) is 22.6 Å². The summed E-state index contributed by atoms with van der Waals surface area (Å²) in [5.41, 5.74) is -0.899. The van der Waals surface area contributed by atoms with E-state index in [4.69, 9.17) is 18.3 Å². The van der Waals surface area contributed by atoms with Gasteiger partial charge in [0.25, 0.3) is 11.8 Å². The third-order valence-electron chi connectivity index (χ3n) is 10.6. The van der Waals surface area contributed by atoms with E-state index in [0.717, 1.165) is 12.8 Å². The van der Waals surface area contributed by atoms with Gasteiger partial charge in [-0.2, -0.15) is 4.98 Å². The van der Waals surface area contributed by atoms with Crippen LogP contribution in [0.2, 0.25) is 0 Å². The lowest BCUT2D eigenvalue weighted by molar-refractivity contribution is -0.141. The Morgan fingerprint density at radius 2 is 1.95 bits per heavy atom. The number of carbonyl (C=O) groups is 4. The van der Waals surface area contributed by atoms with Crippen molar-refractivity contribution in [2.45, 2.75) is 86.8 Å². The number of ether oxygens (including phenoxy) is 2. The summed E-state index contributed by atoms with van der Waals surface area (Å²) in [6.07, 6.45) is 7.41. The number of amides is 4. The predicted molar refractivity (Wildman–Crippen MR) is 192 cm³/mol. The van der Waals surface area contributed by atoms with Crippen molar-refractivity contribution in [1.29, 1.82) is 0 Å². The molecule has 16 nitrogen and oxygen atoms in total. The Morgan fingerprint density at radius 3 is 2.71 bits per heavy atom. The molecule has 2 saturated carbocycles. The Hall–Kier alpha value is -5.52. The summed E-state index contributed by atoms with van der Waals surface area (Å²) in [5, 5.41) is 5.13. The highest BCUT2D eigenvalue weighted by Crippen LogP contribution is 2.46. The first kappa shape index (κ1) is 36.5. The standard InChI is InChI=1S/C37H39FN6O10S/c1-51-36(48)39-25-9-6-4-2-3-5-8-20-18-37(20,35(47)43-55(49,50)23-12-13-23)42-32(45)26-17-22(19-44(26)34(25)46)53-33-30-29(24-16-21(38)11-14-27(24)54-30)40-31(41-33)28-10-7-15-52-28/h5,7-8,10-11,14-16,20,22-23,25-26H,2-4,6,9,12-13,17-19H2,1H3,(H,39,48)(H,42,45)(H,43,47)/b8-5-/t20-,22-,25+,26+,37-/m1/s1. The molecule has 3 fully saturated rings. The second kappa shape index (κ2) is 14.3. The lowest BCUT2D eigenvalue weighted by atomic mass is 10.1. The average molecular weight is 779 g/mol. The molecular weight excluding hydrogens is 740 g/mol. The molecule has 0 radical (unpaired) electrons. The SMILES string of the molecule is COC(=O)N[C@H]1CCCCC/C=C\[C@@H]2C[C@@]2(C(=O)NS(=O)(=O)C2CC2)NC(=O)[C@@H]2C[C@@H](Oc3nc(-c4ccco4)nc4c3oc3ccc(F)cc34)CN2C1=O. The summed E-state index contributed by atoms with van der Waals surface area (Å²) < 4.78 is 65.1. The zero-order valence-electron chi connectivity index (χ0n) is 29.8. The third kappa shape index (κ3) is 7.22.